The van der Waals surface area contributed by atoms with Crippen LogP contribution in [0.5, 0.6) is 0 Å². The van der Waals surface area contributed by atoms with Crippen LogP contribution in [-0.2, 0) is 0 Å². The monoisotopic (exact) mass is 204 g/mol. The van der Waals surface area contributed by atoms with Crippen molar-refractivity contribution in [3.05, 3.63) is 11.8 Å². The van der Waals surface area contributed by atoms with Gasteiger partial charge in [0.1, 0.15) is 0 Å². The predicted octanol–water partition coefficient (Wildman–Crippen LogP) is 2.22. The minimum absolute atomic E-state index is 0.202. The van der Waals surface area contributed by atoms with Crippen LogP contribution in [0, 0.1) is 6.92 Å². The molecule has 0 amide bonds. The highest BCUT2D eigenvalue weighted by molar-refractivity contribution is 9.09. The van der Waals surface area contributed by atoms with Crippen molar-refractivity contribution in [1.82, 2.24) is 10.2 Å². The van der Waals surface area contributed by atoms with Gasteiger partial charge in [-0.3, -0.25) is 0 Å². The van der Waals surface area contributed by atoms with E-state index in [1.54, 1.807) is 6.92 Å². The summed E-state index contributed by atoms with van der Waals surface area (Å²) in [7, 11) is 0. The second-order valence-corrected chi connectivity index (χ2v) is 3.14. The maximum atomic E-state index is 5.17. The van der Waals surface area contributed by atoms with Gasteiger partial charge in [0.2, 0.25) is 11.8 Å². The third kappa shape index (κ3) is 1.56. The summed E-state index contributed by atoms with van der Waals surface area (Å²) in [5.74, 6) is 1.29. The van der Waals surface area contributed by atoms with E-state index in [0.717, 1.165) is 6.42 Å². The lowest BCUT2D eigenvalue weighted by Crippen LogP contribution is -1.86. The Morgan fingerprint density at radius 3 is 2.70 bits per heavy atom. The third-order valence-electron chi connectivity index (χ3n) is 1.17. The fourth-order valence-corrected chi connectivity index (χ4v) is 0.798. The first-order valence-corrected chi connectivity index (χ1v) is 4.09. The van der Waals surface area contributed by atoms with Crippen molar-refractivity contribution in [2.24, 2.45) is 0 Å². The number of alkyl halides is 1. The highest BCUT2D eigenvalue weighted by Crippen LogP contribution is 2.23. The van der Waals surface area contributed by atoms with E-state index in [9.17, 15) is 0 Å². The van der Waals surface area contributed by atoms with Crippen molar-refractivity contribution >= 4 is 15.9 Å². The summed E-state index contributed by atoms with van der Waals surface area (Å²) < 4.78 is 5.17. The molecule has 0 bridgehead atoms. The number of hydrogen-bond donors (Lipinski definition) is 0. The van der Waals surface area contributed by atoms with Crippen LogP contribution >= 0.6 is 15.9 Å². The number of aryl methyl sites for hydroxylation is 1. The van der Waals surface area contributed by atoms with Gasteiger partial charge in [-0.2, -0.15) is 0 Å². The fourth-order valence-electron chi connectivity index (χ4n) is 0.613. The molecular weight excluding hydrogens is 196 g/mol. The number of nitrogens with zero attached hydrogens (tertiary/aromatic N) is 2. The van der Waals surface area contributed by atoms with Crippen molar-refractivity contribution in [3.63, 3.8) is 0 Å². The van der Waals surface area contributed by atoms with Crippen molar-refractivity contribution in [1.29, 1.82) is 0 Å². The molecule has 3 nitrogen and oxygen atoms in total. The SMILES string of the molecule is CCC(Br)c1nnc(C)o1. The van der Waals surface area contributed by atoms with Gasteiger partial charge in [0.05, 0.1) is 4.83 Å². The highest BCUT2D eigenvalue weighted by Gasteiger charge is 2.10. The lowest BCUT2D eigenvalue weighted by Gasteiger charge is -1.96. The normalized spacial score (nSPS) is 13.5. The zero-order valence-electron chi connectivity index (χ0n) is 5.97. The largest absolute Gasteiger partial charge is 0.424 e. The standard InChI is InChI=1S/C6H9BrN2O/c1-3-5(7)6-9-8-4(2)10-6/h5H,3H2,1-2H3. The molecule has 0 aliphatic heterocycles. The Morgan fingerprint density at radius 2 is 2.30 bits per heavy atom. The number of hydrogen-bond acceptors (Lipinski definition) is 3. The van der Waals surface area contributed by atoms with Gasteiger partial charge in [0, 0.05) is 6.92 Å². The molecule has 0 radical (unpaired) electrons. The van der Waals surface area contributed by atoms with Gasteiger partial charge in [-0.25, -0.2) is 0 Å². The molecule has 1 unspecified atom stereocenters. The molecule has 10 heavy (non-hydrogen) atoms. The Morgan fingerprint density at radius 1 is 1.60 bits per heavy atom. The molecular formula is C6H9BrN2O. The summed E-state index contributed by atoms with van der Waals surface area (Å²) in [5, 5.41) is 7.56. The van der Waals surface area contributed by atoms with Gasteiger partial charge >= 0.3 is 0 Å². The molecule has 4 heteroatoms. The molecule has 0 saturated carbocycles. The molecule has 1 aromatic rings. The highest BCUT2D eigenvalue weighted by atomic mass is 79.9. The Kier molecular flexibility index (Phi) is 2.43. The molecule has 1 atom stereocenters. The molecule has 0 spiro atoms. The Hall–Kier alpha value is -0.380. The Bertz CT molecular complexity index is 211. The van der Waals surface area contributed by atoms with Crippen LogP contribution in [-0.4, -0.2) is 10.2 Å². The second kappa shape index (κ2) is 3.14. The number of rotatable bonds is 2. The van der Waals surface area contributed by atoms with Crippen LogP contribution < -0.4 is 0 Å². The van der Waals surface area contributed by atoms with Crippen molar-refractivity contribution in [2.75, 3.05) is 0 Å². The minimum Gasteiger partial charge on any atom is -0.424 e. The average Bonchev–Trinajstić information content (AvgIpc) is 2.34. The van der Waals surface area contributed by atoms with Crippen LogP contribution in [0.4, 0.5) is 0 Å². The molecule has 0 saturated heterocycles. The molecule has 1 rings (SSSR count). The molecule has 0 fully saturated rings. The van der Waals surface area contributed by atoms with Gasteiger partial charge in [-0.1, -0.05) is 22.9 Å². The van der Waals surface area contributed by atoms with E-state index in [1.165, 1.54) is 0 Å². The van der Waals surface area contributed by atoms with Crippen LogP contribution in [0.3, 0.4) is 0 Å². The summed E-state index contributed by atoms with van der Waals surface area (Å²) >= 11 is 3.40. The van der Waals surface area contributed by atoms with Gasteiger partial charge < -0.3 is 4.42 Å². The van der Waals surface area contributed by atoms with E-state index >= 15 is 0 Å². The van der Waals surface area contributed by atoms with E-state index in [-0.39, 0.29) is 4.83 Å². The molecule has 0 aromatic carbocycles. The second-order valence-electron chi connectivity index (χ2n) is 2.04. The van der Waals surface area contributed by atoms with Gasteiger partial charge in [-0.15, -0.1) is 10.2 Å². The van der Waals surface area contributed by atoms with Crippen molar-refractivity contribution in [2.45, 2.75) is 25.1 Å². The van der Waals surface area contributed by atoms with Crippen LogP contribution in [0.1, 0.15) is 30.0 Å². The minimum atomic E-state index is 0.202. The van der Waals surface area contributed by atoms with E-state index in [2.05, 4.69) is 33.1 Å². The molecule has 0 aliphatic rings. The molecule has 56 valence electrons. The van der Waals surface area contributed by atoms with Crippen LogP contribution in [0.25, 0.3) is 0 Å². The number of aromatic nitrogens is 2. The van der Waals surface area contributed by atoms with Crippen LogP contribution in [0.15, 0.2) is 4.42 Å². The zero-order valence-corrected chi connectivity index (χ0v) is 7.55. The van der Waals surface area contributed by atoms with Crippen LogP contribution in [0.2, 0.25) is 0 Å². The first-order chi connectivity index (χ1) is 4.74. The smallest absolute Gasteiger partial charge is 0.230 e. The van der Waals surface area contributed by atoms with E-state index < -0.39 is 0 Å². The molecule has 0 aliphatic carbocycles. The maximum Gasteiger partial charge on any atom is 0.230 e. The fraction of sp³-hybridized carbons (Fsp3) is 0.667. The maximum absolute atomic E-state index is 5.17. The van der Waals surface area contributed by atoms with Gasteiger partial charge in [0.25, 0.3) is 0 Å². The molecule has 0 N–H and O–H groups in total. The summed E-state index contributed by atoms with van der Waals surface area (Å²) in [6, 6.07) is 0. The lowest BCUT2D eigenvalue weighted by molar-refractivity contribution is 0.463. The number of halogens is 1. The first kappa shape index (κ1) is 7.72. The quantitative estimate of drug-likeness (QED) is 0.694. The summed E-state index contributed by atoms with van der Waals surface area (Å²) in [5.41, 5.74) is 0. The van der Waals surface area contributed by atoms with E-state index in [0.29, 0.717) is 11.8 Å². The summed E-state index contributed by atoms with van der Waals surface area (Å²) in [4.78, 5) is 0.202. The van der Waals surface area contributed by atoms with E-state index in [4.69, 9.17) is 4.42 Å². The lowest BCUT2D eigenvalue weighted by atomic mass is 10.3. The summed E-state index contributed by atoms with van der Waals surface area (Å²) in [6.07, 6.45) is 0.960. The topological polar surface area (TPSA) is 38.9 Å². The van der Waals surface area contributed by atoms with Gasteiger partial charge in [0.15, 0.2) is 0 Å². The van der Waals surface area contributed by atoms with E-state index in [1.807, 2.05) is 0 Å². The van der Waals surface area contributed by atoms with Gasteiger partial charge in [-0.05, 0) is 6.42 Å². The average molecular weight is 205 g/mol. The Labute approximate surface area is 68.0 Å². The third-order valence-corrected chi connectivity index (χ3v) is 2.21. The van der Waals surface area contributed by atoms with Crippen molar-refractivity contribution < 1.29 is 4.42 Å². The van der Waals surface area contributed by atoms with Crippen molar-refractivity contribution in [3.8, 4) is 0 Å². The summed E-state index contributed by atoms with van der Waals surface area (Å²) in [6.45, 7) is 3.84. The zero-order chi connectivity index (χ0) is 7.56. The molecule has 1 heterocycles. The first-order valence-electron chi connectivity index (χ1n) is 3.18. The molecule has 1 aromatic heterocycles. The predicted molar refractivity (Wildman–Crippen MR) is 41.0 cm³/mol. The Balaban J connectivity index is 2.74.